The molecule has 2 aromatic rings. The number of carbonyl (C=O) groups is 1. The van der Waals surface area contributed by atoms with Crippen LogP contribution in [0.2, 0.25) is 0 Å². The number of rotatable bonds is 5. The fourth-order valence-corrected chi connectivity index (χ4v) is 4.78. The highest BCUT2D eigenvalue weighted by molar-refractivity contribution is 5.81. The number of amides is 1. The second kappa shape index (κ2) is 6.55. The third-order valence-electron chi connectivity index (χ3n) is 6.36. The predicted molar refractivity (Wildman–Crippen MR) is 104 cm³/mol. The molecule has 0 bridgehead atoms. The van der Waals surface area contributed by atoms with Gasteiger partial charge in [-0.1, -0.05) is 48.5 Å². The lowest BCUT2D eigenvalue weighted by Crippen LogP contribution is -2.38. The van der Waals surface area contributed by atoms with Crippen LogP contribution in [-0.2, 0) is 4.79 Å². The fourth-order valence-electron chi connectivity index (χ4n) is 4.78. The fraction of sp³-hybridized carbons (Fsp3) is 0.435. The first-order valence-corrected chi connectivity index (χ1v) is 10.00. The second-order valence-electron chi connectivity index (χ2n) is 8.05. The summed E-state index contributed by atoms with van der Waals surface area (Å²) in [6.07, 6.45) is 4.60. The number of likely N-dealkylation sites (tertiary alicyclic amines) is 2. The first kappa shape index (κ1) is 16.1. The van der Waals surface area contributed by atoms with Crippen LogP contribution in [0.15, 0.2) is 48.5 Å². The molecule has 0 N–H and O–H groups in total. The third-order valence-corrected chi connectivity index (χ3v) is 6.36. The molecule has 3 aliphatic rings. The van der Waals surface area contributed by atoms with Crippen molar-refractivity contribution in [3.8, 4) is 11.1 Å². The normalized spacial score (nSPS) is 24.9. The molecular formula is C23H26N2O. The van der Waals surface area contributed by atoms with Gasteiger partial charge in [0.15, 0.2) is 0 Å². The third kappa shape index (κ3) is 2.95. The summed E-state index contributed by atoms with van der Waals surface area (Å²) in [7, 11) is 0. The maximum Gasteiger partial charge on any atom is 0.226 e. The van der Waals surface area contributed by atoms with Crippen LogP contribution in [0.1, 0.15) is 42.7 Å². The quantitative estimate of drug-likeness (QED) is 0.814. The van der Waals surface area contributed by atoms with E-state index in [1.165, 1.54) is 35.1 Å². The Morgan fingerprint density at radius 2 is 1.69 bits per heavy atom. The molecule has 1 amide bonds. The smallest absolute Gasteiger partial charge is 0.226 e. The predicted octanol–water partition coefficient (Wildman–Crippen LogP) is 4.09. The molecule has 134 valence electrons. The monoisotopic (exact) mass is 346 g/mol. The molecule has 2 atom stereocenters. The maximum atomic E-state index is 12.8. The Bertz CT molecular complexity index is 810. The van der Waals surface area contributed by atoms with Crippen molar-refractivity contribution in [2.24, 2.45) is 5.92 Å². The van der Waals surface area contributed by atoms with Crippen molar-refractivity contribution in [1.29, 1.82) is 0 Å². The van der Waals surface area contributed by atoms with Gasteiger partial charge in [-0.05, 0) is 61.0 Å². The van der Waals surface area contributed by atoms with Gasteiger partial charge in [0.25, 0.3) is 0 Å². The number of carbonyl (C=O) groups excluding carboxylic acids is 1. The number of hydrogen-bond acceptors (Lipinski definition) is 2. The lowest BCUT2D eigenvalue weighted by Gasteiger charge is -2.23. The number of benzene rings is 2. The van der Waals surface area contributed by atoms with Crippen molar-refractivity contribution in [1.82, 2.24) is 9.80 Å². The Balaban J connectivity index is 1.22. The lowest BCUT2D eigenvalue weighted by atomic mass is 9.99. The molecule has 26 heavy (non-hydrogen) atoms. The zero-order chi connectivity index (χ0) is 17.5. The van der Waals surface area contributed by atoms with Crippen LogP contribution in [0.5, 0.6) is 0 Å². The van der Waals surface area contributed by atoms with Crippen molar-refractivity contribution >= 4 is 5.91 Å². The molecule has 0 saturated carbocycles. The van der Waals surface area contributed by atoms with Crippen LogP contribution < -0.4 is 0 Å². The molecule has 2 saturated heterocycles. The Morgan fingerprint density at radius 1 is 0.885 bits per heavy atom. The molecule has 0 spiro atoms. The Kier molecular flexibility index (Phi) is 4.05. The maximum absolute atomic E-state index is 12.8. The zero-order valence-corrected chi connectivity index (χ0v) is 15.2. The highest BCUT2D eigenvalue weighted by Crippen LogP contribution is 2.50. The van der Waals surface area contributed by atoms with E-state index in [9.17, 15) is 4.79 Å². The number of hydrogen-bond donors (Lipinski definition) is 0. The van der Waals surface area contributed by atoms with Crippen molar-refractivity contribution in [2.45, 2.75) is 31.6 Å². The first-order chi connectivity index (χ1) is 12.8. The van der Waals surface area contributed by atoms with E-state index in [0.717, 1.165) is 39.1 Å². The molecule has 1 aliphatic carbocycles. The van der Waals surface area contributed by atoms with E-state index in [-0.39, 0.29) is 5.92 Å². The average molecular weight is 346 g/mol. The van der Waals surface area contributed by atoms with E-state index in [2.05, 4.69) is 58.3 Å². The van der Waals surface area contributed by atoms with Gasteiger partial charge in [-0.3, -0.25) is 9.69 Å². The first-order valence-electron chi connectivity index (χ1n) is 10.00. The summed E-state index contributed by atoms with van der Waals surface area (Å²) in [4.78, 5) is 17.3. The van der Waals surface area contributed by atoms with Gasteiger partial charge in [-0.25, -0.2) is 0 Å². The van der Waals surface area contributed by atoms with Crippen LogP contribution in [0, 0.1) is 5.92 Å². The number of fused-ring (bicyclic) bond motifs is 1. The van der Waals surface area contributed by atoms with Crippen LogP contribution in [0.3, 0.4) is 0 Å². The molecule has 0 radical (unpaired) electrons. The van der Waals surface area contributed by atoms with Crippen LogP contribution in [0.4, 0.5) is 0 Å². The van der Waals surface area contributed by atoms with Crippen LogP contribution in [0.25, 0.3) is 11.1 Å². The molecule has 2 heterocycles. The van der Waals surface area contributed by atoms with E-state index in [0.29, 0.717) is 11.8 Å². The topological polar surface area (TPSA) is 23.6 Å². The van der Waals surface area contributed by atoms with Gasteiger partial charge in [0.05, 0.1) is 6.67 Å². The molecule has 3 heteroatoms. The van der Waals surface area contributed by atoms with Crippen molar-refractivity contribution in [2.75, 3.05) is 26.3 Å². The summed E-state index contributed by atoms with van der Waals surface area (Å²) in [5.74, 6) is 1.11. The summed E-state index contributed by atoms with van der Waals surface area (Å²) in [5, 5.41) is 0. The highest BCUT2D eigenvalue weighted by Gasteiger charge is 2.40. The highest BCUT2D eigenvalue weighted by atomic mass is 16.2. The van der Waals surface area contributed by atoms with Gasteiger partial charge in [-0.15, -0.1) is 0 Å². The van der Waals surface area contributed by atoms with Crippen molar-refractivity contribution in [3.63, 3.8) is 0 Å². The van der Waals surface area contributed by atoms with Crippen molar-refractivity contribution < 1.29 is 4.79 Å². The average Bonchev–Trinajstić information content (AvgIpc) is 2.96. The molecule has 2 fully saturated rings. The summed E-state index contributed by atoms with van der Waals surface area (Å²) in [6.45, 7) is 4.11. The lowest BCUT2D eigenvalue weighted by molar-refractivity contribution is -0.132. The zero-order valence-electron chi connectivity index (χ0n) is 15.2. The summed E-state index contributed by atoms with van der Waals surface area (Å²) in [6, 6.07) is 17.4. The largest absolute Gasteiger partial charge is 0.329 e. The van der Waals surface area contributed by atoms with E-state index >= 15 is 0 Å². The molecule has 5 rings (SSSR count). The van der Waals surface area contributed by atoms with Gasteiger partial charge < -0.3 is 4.90 Å². The van der Waals surface area contributed by atoms with E-state index in [1.54, 1.807) is 0 Å². The summed E-state index contributed by atoms with van der Waals surface area (Å²) >= 11 is 0. The minimum absolute atomic E-state index is 0.218. The second-order valence-corrected chi connectivity index (χ2v) is 8.05. The van der Waals surface area contributed by atoms with E-state index in [4.69, 9.17) is 0 Å². The van der Waals surface area contributed by atoms with Gasteiger partial charge in [0.2, 0.25) is 5.91 Å². The Hall–Kier alpha value is -2.13. The van der Waals surface area contributed by atoms with Crippen LogP contribution >= 0.6 is 0 Å². The molecular weight excluding hydrogens is 320 g/mol. The standard InChI is InChI=1S/C23H26N2O/c26-23-19(10-13-25(23)16-24-11-4-5-12-24)15-22-20-9-8-18(14-21(20)22)17-6-2-1-3-7-17/h1-3,6-9,14,19,22H,4-5,10-13,15-16H2/t19-,22+/m1/s1. The van der Waals surface area contributed by atoms with Gasteiger partial charge in [0.1, 0.15) is 0 Å². The van der Waals surface area contributed by atoms with E-state index < -0.39 is 0 Å². The Labute approximate surface area is 155 Å². The van der Waals surface area contributed by atoms with Gasteiger partial charge >= 0.3 is 0 Å². The molecule has 2 aromatic carbocycles. The van der Waals surface area contributed by atoms with Crippen LogP contribution in [-0.4, -0.2) is 42.0 Å². The molecule has 3 nitrogen and oxygen atoms in total. The summed E-state index contributed by atoms with van der Waals surface area (Å²) in [5.41, 5.74) is 5.47. The summed E-state index contributed by atoms with van der Waals surface area (Å²) < 4.78 is 0. The molecule has 0 aromatic heterocycles. The molecule has 2 aliphatic heterocycles. The Morgan fingerprint density at radius 3 is 2.50 bits per heavy atom. The van der Waals surface area contributed by atoms with Crippen molar-refractivity contribution in [3.05, 3.63) is 59.7 Å². The minimum Gasteiger partial charge on any atom is -0.329 e. The number of nitrogens with zero attached hydrogens (tertiary/aromatic N) is 2. The van der Waals surface area contributed by atoms with Gasteiger partial charge in [0, 0.05) is 18.4 Å². The van der Waals surface area contributed by atoms with Gasteiger partial charge in [-0.2, -0.15) is 0 Å². The molecule has 0 unspecified atom stereocenters. The minimum atomic E-state index is 0.218. The SMILES string of the molecule is O=C1[C@@H](C[C@H]2c3ccc(-c4ccccc4)cc32)CCN1CN1CCCC1. The van der Waals surface area contributed by atoms with E-state index in [1.807, 2.05) is 0 Å².